The van der Waals surface area contributed by atoms with Gasteiger partial charge in [-0.05, 0) is 48.2 Å². The van der Waals surface area contributed by atoms with Gasteiger partial charge in [0.05, 0.1) is 24.5 Å². The molecule has 5 aromatic rings. The molecule has 0 amide bonds. The van der Waals surface area contributed by atoms with Gasteiger partial charge in [-0.2, -0.15) is 5.10 Å². The number of rotatable bonds is 10. The van der Waals surface area contributed by atoms with Crippen LogP contribution >= 0.6 is 0 Å². The lowest BCUT2D eigenvalue weighted by atomic mass is 9.80. The average Bonchev–Trinajstić information content (AvgIpc) is 3.59. The summed E-state index contributed by atoms with van der Waals surface area (Å²) in [5, 5.41) is 15.7. The maximum absolute atomic E-state index is 14.7. The third kappa shape index (κ3) is 5.81. The molecule has 0 aliphatic heterocycles. The minimum absolute atomic E-state index is 0.00456. The fraction of sp³-hybridized carbons (Fsp3) is 0.200. The molecule has 2 atom stereocenters. The lowest BCUT2D eigenvalue weighted by Gasteiger charge is -2.34. The minimum Gasteiger partial charge on any atom is -0.383 e. The summed E-state index contributed by atoms with van der Waals surface area (Å²) in [5.74, 6) is -1.99. The molecular weight excluding hydrogens is 514 g/mol. The fourth-order valence-electron chi connectivity index (χ4n) is 4.65. The normalized spacial score (nSPS) is 13.9. The smallest absolute Gasteiger partial charge is 0.333 e. The van der Waals surface area contributed by atoms with Crippen LogP contribution in [0, 0.1) is 17.6 Å². The first-order chi connectivity index (χ1) is 19.3. The van der Waals surface area contributed by atoms with Crippen molar-refractivity contribution in [2.45, 2.75) is 32.0 Å². The molecule has 3 heterocycles. The lowest BCUT2D eigenvalue weighted by molar-refractivity contribution is -0.0379. The van der Waals surface area contributed by atoms with Crippen molar-refractivity contribution >= 4 is 6.08 Å². The van der Waals surface area contributed by atoms with E-state index < -0.39 is 23.2 Å². The summed E-state index contributed by atoms with van der Waals surface area (Å²) in [6.07, 6.45) is 12.1. The standard InChI is InChI=1S/C30H28F2N6O2/c1-22(30(40,19-37-21-33-20-35-37)27-13-10-24(31)17-28(27)32)5-4-6-23-8-11-26(12-9-23)38-16-15-36(29(38)39)18-25-7-2-3-14-34-25/h2-4,6-17,20-22,40H,5,18-19H2,1H3/b6-4+/t22-,30+/m0/s1. The summed E-state index contributed by atoms with van der Waals surface area (Å²) in [6, 6.07) is 16.2. The van der Waals surface area contributed by atoms with Crippen LogP contribution in [0.3, 0.4) is 0 Å². The van der Waals surface area contributed by atoms with E-state index in [4.69, 9.17) is 0 Å². The molecule has 2 aromatic carbocycles. The third-order valence-electron chi connectivity index (χ3n) is 6.96. The van der Waals surface area contributed by atoms with Crippen molar-refractivity contribution < 1.29 is 13.9 Å². The van der Waals surface area contributed by atoms with E-state index >= 15 is 0 Å². The molecule has 3 aromatic heterocycles. The minimum atomic E-state index is -1.66. The Labute approximate surface area is 229 Å². The molecular formula is C30H28F2N6O2. The highest BCUT2D eigenvalue weighted by molar-refractivity contribution is 5.52. The summed E-state index contributed by atoms with van der Waals surface area (Å²) in [6.45, 7) is 2.14. The number of halogens is 2. The van der Waals surface area contributed by atoms with Crippen LogP contribution in [0.2, 0.25) is 0 Å². The number of pyridine rings is 1. The van der Waals surface area contributed by atoms with E-state index in [2.05, 4.69) is 15.1 Å². The molecule has 204 valence electrons. The Balaban J connectivity index is 1.29. The zero-order valence-electron chi connectivity index (χ0n) is 21.8. The number of benzene rings is 2. The van der Waals surface area contributed by atoms with Crippen LogP contribution in [0.4, 0.5) is 8.78 Å². The Morgan fingerprint density at radius 2 is 1.90 bits per heavy atom. The van der Waals surface area contributed by atoms with Crippen LogP contribution in [-0.2, 0) is 18.7 Å². The van der Waals surface area contributed by atoms with Gasteiger partial charge < -0.3 is 5.11 Å². The van der Waals surface area contributed by atoms with Crippen molar-refractivity contribution in [3.8, 4) is 5.69 Å². The van der Waals surface area contributed by atoms with Crippen LogP contribution in [0.5, 0.6) is 0 Å². The lowest BCUT2D eigenvalue weighted by Crippen LogP contribution is -2.39. The van der Waals surface area contributed by atoms with Crippen molar-refractivity contribution in [1.29, 1.82) is 0 Å². The van der Waals surface area contributed by atoms with Crippen molar-refractivity contribution in [3.05, 3.63) is 137 Å². The Bertz CT molecular complexity index is 1650. The molecule has 0 spiro atoms. The first-order valence-electron chi connectivity index (χ1n) is 12.8. The van der Waals surface area contributed by atoms with Crippen molar-refractivity contribution in [1.82, 2.24) is 28.9 Å². The van der Waals surface area contributed by atoms with E-state index in [0.717, 1.165) is 29.1 Å². The number of aromatic nitrogens is 6. The third-order valence-corrected chi connectivity index (χ3v) is 6.96. The van der Waals surface area contributed by atoms with E-state index in [-0.39, 0.29) is 17.8 Å². The van der Waals surface area contributed by atoms with E-state index in [0.29, 0.717) is 13.0 Å². The highest BCUT2D eigenvalue weighted by Gasteiger charge is 2.38. The Hall–Kier alpha value is -4.70. The summed E-state index contributed by atoms with van der Waals surface area (Å²) in [7, 11) is 0. The van der Waals surface area contributed by atoms with Crippen LogP contribution in [0.15, 0.2) is 103 Å². The van der Waals surface area contributed by atoms with Gasteiger partial charge in [0, 0.05) is 30.2 Å². The first-order valence-corrected chi connectivity index (χ1v) is 12.8. The van der Waals surface area contributed by atoms with Gasteiger partial charge in [0.15, 0.2) is 0 Å². The summed E-state index contributed by atoms with van der Waals surface area (Å²) < 4.78 is 32.9. The molecule has 0 aliphatic carbocycles. The van der Waals surface area contributed by atoms with Gasteiger partial charge in [0.25, 0.3) is 0 Å². The molecule has 0 bridgehead atoms. The maximum Gasteiger partial charge on any atom is 0.333 e. The number of allylic oxidation sites excluding steroid dienone is 1. The largest absolute Gasteiger partial charge is 0.383 e. The topological polar surface area (TPSA) is 90.8 Å². The van der Waals surface area contributed by atoms with Gasteiger partial charge in [-0.25, -0.2) is 23.2 Å². The van der Waals surface area contributed by atoms with Crippen LogP contribution in [0.25, 0.3) is 11.8 Å². The van der Waals surface area contributed by atoms with Gasteiger partial charge in [0.1, 0.15) is 29.9 Å². The second kappa shape index (κ2) is 11.6. The Kier molecular flexibility index (Phi) is 7.79. The number of hydrogen-bond acceptors (Lipinski definition) is 5. The van der Waals surface area contributed by atoms with Gasteiger partial charge in [0.2, 0.25) is 0 Å². The Morgan fingerprint density at radius 3 is 2.60 bits per heavy atom. The molecule has 10 heteroatoms. The molecule has 0 aliphatic rings. The van der Waals surface area contributed by atoms with E-state index in [1.165, 1.54) is 23.4 Å². The van der Waals surface area contributed by atoms with E-state index in [1.807, 2.05) is 54.6 Å². The van der Waals surface area contributed by atoms with Gasteiger partial charge in [-0.3, -0.25) is 14.1 Å². The van der Waals surface area contributed by atoms with E-state index in [1.54, 1.807) is 34.6 Å². The number of imidazole rings is 1. The number of aliphatic hydroxyl groups is 1. The predicted octanol–water partition coefficient (Wildman–Crippen LogP) is 4.58. The van der Waals surface area contributed by atoms with E-state index in [9.17, 15) is 18.7 Å². The summed E-state index contributed by atoms with van der Waals surface area (Å²) in [5.41, 5.74) is 0.586. The monoisotopic (exact) mass is 542 g/mol. The van der Waals surface area contributed by atoms with Crippen molar-refractivity contribution in [2.75, 3.05) is 0 Å². The molecule has 1 N–H and O–H groups in total. The first kappa shape index (κ1) is 26.9. The highest BCUT2D eigenvalue weighted by Crippen LogP contribution is 2.35. The van der Waals surface area contributed by atoms with Crippen LogP contribution in [0.1, 0.15) is 30.2 Å². The molecule has 0 fully saturated rings. The van der Waals surface area contributed by atoms with Crippen molar-refractivity contribution in [2.24, 2.45) is 5.92 Å². The SMILES string of the molecule is C[C@@H](C/C=C/c1ccc(-n2ccn(Cc3ccccn3)c2=O)cc1)[C@](O)(Cn1cncn1)c1ccc(F)cc1F. The van der Waals surface area contributed by atoms with Gasteiger partial charge >= 0.3 is 5.69 Å². The Morgan fingerprint density at radius 1 is 1.07 bits per heavy atom. The molecule has 0 saturated heterocycles. The second-order valence-corrected chi connectivity index (χ2v) is 9.67. The molecule has 5 rings (SSSR count). The highest BCUT2D eigenvalue weighted by atomic mass is 19.1. The molecule has 8 nitrogen and oxygen atoms in total. The zero-order valence-corrected chi connectivity index (χ0v) is 21.8. The molecule has 0 radical (unpaired) electrons. The molecule has 40 heavy (non-hydrogen) atoms. The number of nitrogens with zero attached hydrogens (tertiary/aromatic N) is 6. The van der Waals surface area contributed by atoms with Crippen molar-refractivity contribution in [3.63, 3.8) is 0 Å². The number of hydrogen-bond donors (Lipinski definition) is 1. The van der Waals surface area contributed by atoms with Gasteiger partial charge in [-0.1, -0.05) is 43.3 Å². The average molecular weight is 543 g/mol. The molecule has 0 unspecified atom stereocenters. The summed E-state index contributed by atoms with van der Waals surface area (Å²) in [4.78, 5) is 21.1. The zero-order chi connectivity index (χ0) is 28.1. The quantitative estimate of drug-likeness (QED) is 0.279. The van der Waals surface area contributed by atoms with Crippen LogP contribution in [-0.4, -0.2) is 34.0 Å². The second-order valence-electron chi connectivity index (χ2n) is 9.67. The maximum atomic E-state index is 14.7. The summed E-state index contributed by atoms with van der Waals surface area (Å²) >= 11 is 0. The van der Waals surface area contributed by atoms with Gasteiger partial charge in [-0.15, -0.1) is 0 Å². The molecule has 0 saturated carbocycles. The van der Waals surface area contributed by atoms with Crippen LogP contribution < -0.4 is 5.69 Å². The fourth-order valence-corrected chi connectivity index (χ4v) is 4.65. The predicted molar refractivity (Wildman–Crippen MR) is 146 cm³/mol.